The summed E-state index contributed by atoms with van der Waals surface area (Å²) in [5.41, 5.74) is 1.94. The molecular weight excluding hydrogens is 192 g/mol. The fourth-order valence-electron chi connectivity index (χ4n) is 1.52. The standard InChI is InChI=1S/C11H14N2O2/c14-7-8(15)5-6-11-12-9-3-1-2-4-10(9)13-11/h1-4,8,14-15H,5-7H2,(H,12,13). The summed E-state index contributed by atoms with van der Waals surface area (Å²) in [6.45, 7) is -0.194. The molecule has 4 nitrogen and oxygen atoms in total. The van der Waals surface area contributed by atoms with E-state index in [2.05, 4.69) is 9.97 Å². The van der Waals surface area contributed by atoms with Crippen LogP contribution in [-0.2, 0) is 6.42 Å². The number of aliphatic hydroxyl groups excluding tert-OH is 2. The Hall–Kier alpha value is -1.39. The van der Waals surface area contributed by atoms with Crippen LogP contribution in [0.4, 0.5) is 0 Å². The number of hydrogen-bond donors (Lipinski definition) is 3. The van der Waals surface area contributed by atoms with Crippen LogP contribution in [-0.4, -0.2) is 32.9 Å². The van der Waals surface area contributed by atoms with Crippen LogP contribution in [0.15, 0.2) is 24.3 Å². The second-order valence-electron chi connectivity index (χ2n) is 3.58. The van der Waals surface area contributed by atoms with Crippen molar-refractivity contribution in [3.63, 3.8) is 0 Å². The van der Waals surface area contributed by atoms with E-state index in [4.69, 9.17) is 5.11 Å². The first kappa shape index (κ1) is 10.1. The maximum absolute atomic E-state index is 9.20. The topological polar surface area (TPSA) is 69.1 Å². The highest BCUT2D eigenvalue weighted by atomic mass is 16.3. The van der Waals surface area contributed by atoms with Crippen molar-refractivity contribution in [3.8, 4) is 0 Å². The monoisotopic (exact) mass is 206 g/mol. The van der Waals surface area contributed by atoms with E-state index in [1.807, 2.05) is 24.3 Å². The zero-order valence-electron chi connectivity index (χ0n) is 8.35. The van der Waals surface area contributed by atoms with Crippen molar-refractivity contribution in [1.29, 1.82) is 0 Å². The molecule has 1 atom stereocenters. The minimum absolute atomic E-state index is 0.194. The Morgan fingerprint density at radius 2 is 2.13 bits per heavy atom. The van der Waals surface area contributed by atoms with Crippen LogP contribution in [0.3, 0.4) is 0 Å². The van der Waals surface area contributed by atoms with Crippen molar-refractivity contribution in [1.82, 2.24) is 9.97 Å². The third-order valence-electron chi connectivity index (χ3n) is 2.36. The quantitative estimate of drug-likeness (QED) is 0.694. The van der Waals surface area contributed by atoms with Gasteiger partial charge in [-0.1, -0.05) is 12.1 Å². The van der Waals surface area contributed by atoms with E-state index in [1.165, 1.54) is 0 Å². The number of para-hydroxylation sites is 2. The molecule has 0 spiro atoms. The van der Waals surface area contributed by atoms with Crippen molar-refractivity contribution in [2.24, 2.45) is 0 Å². The number of aromatic nitrogens is 2. The van der Waals surface area contributed by atoms with Gasteiger partial charge in [0.15, 0.2) is 0 Å². The van der Waals surface area contributed by atoms with E-state index >= 15 is 0 Å². The van der Waals surface area contributed by atoms with Gasteiger partial charge in [0, 0.05) is 6.42 Å². The summed E-state index contributed by atoms with van der Waals surface area (Å²) >= 11 is 0. The number of aryl methyl sites for hydroxylation is 1. The van der Waals surface area contributed by atoms with Crippen molar-refractivity contribution < 1.29 is 10.2 Å². The first-order valence-corrected chi connectivity index (χ1v) is 5.02. The van der Waals surface area contributed by atoms with Gasteiger partial charge in [-0.15, -0.1) is 0 Å². The van der Waals surface area contributed by atoms with Gasteiger partial charge in [-0.05, 0) is 18.6 Å². The summed E-state index contributed by atoms with van der Waals surface area (Å²) in [5, 5.41) is 17.9. The molecule has 80 valence electrons. The van der Waals surface area contributed by atoms with Gasteiger partial charge in [-0.25, -0.2) is 4.98 Å². The van der Waals surface area contributed by atoms with Crippen molar-refractivity contribution >= 4 is 11.0 Å². The number of H-pyrrole nitrogens is 1. The lowest BCUT2D eigenvalue weighted by Crippen LogP contribution is -2.12. The third kappa shape index (κ3) is 2.34. The Morgan fingerprint density at radius 3 is 2.87 bits per heavy atom. The first-order chi connectivity index (χ1) is 7.29. The highest BCUT2D eigenvalue weighted by Gasteiger charge is 2.05. The van der Waals surface area contributed by atoms with Crippen LogP contribution < -0.4 is 0 Å². The normalized spacial score (nSPS) is 13.2. The Morgan fingerprint density at radius 1 is 1.33 bits per heavy atom. The molecule has 0 saturated heterocycles. The minimum atomic E-state index is -0.654. The molecular formula is C11H14N2O2. The summed E-state index contributed by atoms with van der Waals surface area (Å²) in [7, 11) is 0. The van der Waals surface area contributed by atoms with Crippen molar-refractivity contribution in [2.45, 2.75) is 18.9 Å². The van der Waals surface area contributed by atoms with Crippen molar-refractivity contribution in [2.75, 3.05) is 6.61 Å². The molecule has 1 aromatic heterocycles. The number of imidazole rings is 1. The maximum atomic E-state index is 9.20. The average Bonchev–Trinajstić information content (AvgIpc) is 2.68. The first-order valence-electron chi connectivity index (χ1n) is 5.02. The molecule has 3 N–H and O–H groups in total. The Balaban J connectivity index is 2.09. The molecule has 0 aliphatic carbocycles. The lowest BCUT2D eigenvalue weighted by molar-refractivity contribution is 0.0882. The van der Waals surface area contributed by atoms with E-state index in [1.54, 1.807) is 0 Å². The highest BCUT2D eigenvalue weighted by Crippen LogP contribution is 2.11. The summed E-state index contributed by atoms with van der Waals surface area (Å²) in [6.07, 6.45) is 0.519. The van der Waals surface area contributed by atoms with Gasteiger partial charge < -0.3 is 15.2 Å². The number of nitrogens with zero attached hydrogens (tertiary/aromatic N) is 1. The smallest absolute Gasteiger partial charge is 0.107 e. The van der Waals surface area contributed by atoms with Gasteiger partial charge in [0.2, 0.25) is 0 Å². The van der Waals surface area contributed by atoms with E-state index in [9.17, 15) is 5.11 Å². The molecule has 2 rings (SSSR count). The summed E-state index contributed by atoms with van der Waals surface area (Å²) in [5.74, 6) is 0.851. The van der Waals surface area contributed by atoms with Gasteiger partial charge in [0.05, 0.1) is 23.7 Å². The summed E-state index contributed by atoms with van der Waals surface area (Å²) in [4.78, 5) is 7.54. The number of aliphatic hydroxyl groups is 2. The molecule has 1 unspecified atom stereocenters. The molecule has 0 aliphatic rings. The highest BCUT2D eigenvalue weighted by molar-refractivity contribution is 5.74. The van der Waals surface area contributed by atoms with Gasteiger partial charge in [0.1, 0.15) is 5.82 Å². The third-order valence-corrected chi connectivity index (χ3v) is 2.36. The van der Waals surface area contributed by atoms with E-state index in [-0.39, 0.29) is 6.61 Å². The average molecular weight is 206 g/mol. The lowest BCUT2D eigenvalue weighted by Gasteiger charge is -2.03. The van der Waals surface area contributed by atoms with Crippen LogP contribution in [0, 0.1) is 0 Å². The molecule has 0 fully saturated rings. The van der Waals surface area contributed by atoms with Gasteiger partial charge in [-0.3, -0.25) is 0 Å². The van der Waals surface area contributed by atoms with E-state index < -0.39 is 6.10 Å². The number of rotatable bonds is 4. The second-order valence-corrected chi connectivity index (χ2v) is 3.58. The molecule has 0 bridgehead atoms. The van der Waals surface area contributed by atoms with Crippen LogP contribution in [0.25, 0.3) is 11.0 Å². The molecule has 2 aromatic rings. The molecule has 4 heteroatoms. The maximum Gasteiger partial charge on any atom is 0.107 e. The molecule has 0 radical (unpaired) electrons. The predicted molar refractivity (Wildman–Crippen MR) is 57.5 cm³/mol. The predicted octanol–water partition coefficient (Wildman–Crippen LogP) is 0.849. The molecule has 1 heterocycles. The fourth-order valence-corrected chi connectivity index (χ4v) is 1.52. The number of hydrogen-bond acceptors (Lipinski definition) is 3. The van der Waals surface area contributed by atoms with Crippen molar-refractivity contribution in [3.05, 3.63) is 30.1 Å². The van der Waals surface area contributed by atoms with Crippen LogP contribution in [0.2, 0.25) is 0 Å². The van der Waals surface area contributed by atoms with E-state index in [0.29, 0.717) is 12.8 Å². The molecule has 0 aliphatic heterocycles. The van der Waals surface area contributed by atoms with Gasteiger partial charge in [0.25, 0.3) is 0 Å². The molecule has 0 saturated carbocycles. The van der Waals surface area contributed by atoms with Crippen LogP contribution >= 0.6 is 0 Å². The zero-order chi connectivity index (χ0) is 10.7. The summed E-state index contributed by atoms with van der Waals surface area (Å²) < 4.78 is 0. The number of benzene rings is 1. The molecule has 0 amide bonds. The molecule has 1 aromatic carbocycles. The van der Waals surface area contributed by atoms with E-state index in [0.717, 1.165) is 16.9 Å². The van der Waals surface area contributed by atoms with Crippen LogP contribution in [0.1, 0.15) is 12.2 Å². The van der Waals surface area contributed by atoms with Gasteiger partial charge >= 0.3 is 0 Å². The SMILES string of the molecule is OCC(O)CCc1nc2ccccc2[nH]1. The number of fused-ring (bicyclic) bond motifs is 1. The lowest BCUT2D eigenvalue weighted by atomic mass is 10.2. The Labute approximate surface area is 87.6 Å². The fraction of sp³-hybridized carbons (Fsp3) is 0.364. The summed E-state index contributed by atoms with van der Waals surface area (Å²) in [6, 6.07) is 7.80. The number of aromatic amines is 1. The Kier molecular flexibility index (Phi) is 2.99. The largest absolute Gasteiger partial charge is 0.394 e. The van der Waals surface area contributed by atoms with Crippen LogP contribution in [0.5, 0.6) is 0 Å². The Bertz CT molecular complexity index is 406. The number of nitrogens with one attached hydrogen (secondary N) is 1. The molecule has 15 heavy (non-hydrogen) atoms. The minimum Gasteiger partial charge on any atom is -0.394 e. The van der Waals surface area contributed by atoms with Gasteiger partial charge in [-0.2, -0.15) is 0 Å². The zero-order valence-corrected chi connectivity index (χ0v) is 8.35. The second kappa shape index (κ2) is 4.42.